The predicted octanol–water partition coefficient (Wildman–Crippen LogP) is 2.88. The summed E-state index contributed by atoms with van der Waals surface area (Å²) in [6.45, 7) is 9.36. The van der Waals surface area contributed by atoms with Crippen LogP contribution in [0.15, 0.2) is 4.99 Å². The highest BCUT2D eigenvalue weighted by Crippen LogP contribution is 2.66. The normalized spacial score (nSPS) is 51.6. The van der Waals surface area contributed by atoms with Crippen LogP contribution in [0.5, 0.6) is 0 Å². The van der Waals surface area contributed by atoms with Crippen LogP contribution in [0.25, 0.3) is 0 Å². The van der Waals surface area contributed by atoms with Crippen molar-refractivity contribution in [2.75, 3.05) is 7.11 Å². The topological polar surface area (TPSA) is 21.6 Å². The highest BCUT2D eigenvalue weighted by molar-refractivity contribution is 5.78. The lowest BCUT2D eigenvalue weighted by atomic mass is 9.41. The fraction of sp³-hybridized carbons (Fsp3) is 0.917. The van der Waals surface area contributed by atoms with Crippen molar-refractivity contribution in [3.63, 3.8) is 0 Å². The second-order valence-corrected chi connectivity index (χ2v) is 5.53. The van der Waals surface area contributed by atoms with Crippen molar-refractivity contribution in [3.8, 4) is 0 Å². The second kappa shape index (κ2) is 2.74. The minimum atomic E-state index is 0.384. The van der Waals surface area contributed by atoms with Gasteiger partial charge in [-0.05, 0) is 30.1 Å². The third-order valence-electron chi connectivity index (χ3n) is 5.06. The van der Waals surface area contributed by atoms with Gasteiger partial charge >= 0.3 is 0 Å². The van der Waals surface area contributed by atoms with Crippen LogP contribution in [0.1, 0.15) is 40.5 Å². The molecule has 2 rings (SSSR count). The Morgan fingerprint density at radius 3 is 2.43 bits per heavy atom. The van der Waals surface area contributed by atoms with Crippen molar-refractivity contribution in [2.24, 2.45) is 21.7 Å². The van der Waals surface area contributed by atoms with Gasteiger partial charge < -0.3 is 4.74 Å². The highest BCUT2D eigenvalue weighted by Gasteiger charge is 2.62. The van der Waals surface area contributed by atoms with E-state index in [1.165, 1.54) is 6.42 Å². The van der Waals surface area contributed by atoms with Gasteiger partial charge in [0.1, 0.15) is 0 Å². The van der Waals surface area contributed by atoms with E-state index >= 15 is 0 Å². The molecule has 14 heavy (non-hydrogen) atoms. The molecule has 0 aromatic carbocycles. The highest BCUT2D eigenvalue weighted by atomic mass is 16.5. The van der Waals surface area contributed by atoms with E-state index in [0.29, 0.717) is 16.9 Å². The molecule has 80 valence electrons. The molecular weight excluding hydrogens is 174 g/mol. The van der Waals surface area contributed by atoms with Gasteiger partial charge in [0.2, 0.25) is 0 Å². The first-order chi connectivity index (χ1) is 6.44. The first kappa shape index (κ1) is 10.0. The molecule has 4 atom stereocenters. The Hall–Kier alpha value is -0.530. The lowest BCUT2D eigenvalue weighted by Crippen LogP contribution is -2.62. The molecule has 0 amide bonds. The summed E-state index contributed by atoms with van der Waals surface area (Å²) in [5.74, 6) is 1.74. The van der Waals surface area contributed by atoms with Crippen molar-refractivity contribution in [2.45, 2.75) is 46.6 Å². The molecule has 1 heterocycles. The quantitative estimate of drug-likeness (QED) is 0.582. The third-order valence-corrected chi connectivity index (χ3v) is 5.06. The monoisotopic (exact) mass is 195 g/mol. The number of hydrogen-bond acceptors (Lipinski definition) is 2. The summed E-state index contributed by atoms with van der Waals surface area (Å²) in [4.78, 5) is 4.65. The maximum atomic E-state index is 5.31. The molecule has 0 bridgehead atoms. The molecule has 0 radical (unpaired) electrons. The summed E-state index contributed by atoms with van der Waals surface area (Å²) in [5.41, 5.74) is 0.800. The Bertz CT molecular complexity index is 286. The van der Waals surface area contributed by atoms with E-state index in [1.807, 2.05) is 0 Å². The molecular formula is C12H21NO. The van der Waals surface area contributed by atoms with Crippen LogP contribution in [0.4, 0.5) is 0 Å². The summed E-state index contributed by atoms with van der Waals surface area (Å²) < 4.78 is 5.31. The number of aliphatic imine (C=N–C) groups is 1. The first-order valence-corrected chi connectivity index (χ1v) is 5.55. The number of nitrogens with zero attached hydrogens (tertiary/aromatic N) is 1. The molecule has 4 unspecified atom stereocenters. The maximum absolute atomic E-state index is 5.31. The molecule has 0 saturated heterocycles. The number of fused-ring (bicyclic) bond motifs is 1. The molecule has 0 aromatic rings. The number of hydrogen-bond donors (Lipinski definition) is 0. The molecule has 1 saturated carbocycles. The number of methoxy groups -OCH3 is 1. The van der Waals surface area contributed by atoms with Crippen LogP contribution in [0.2, 0.25) is 0 Å². The zero-order chi connectivity index (χ0) is 10.6. The third kappa shape index (κ3) is 0.945. The van der Waals surface area contributed by atoms with Crippen LogP contribution in [0, 0.1) is 16.7 Å². The molecule has 2 aliphatic rings. The Labute approximate surface area is 86.8 Å². The van der Waals surface area contributed by atoms with Crippen molar-refractivity contribution in [3.05, 3.63) is 0 Å². The van der Waals surface area contributed by atoms with E-state index in [9.17, 15) is 0 Å². The standard InChI is InChI=1S/C12H21NO/c1-8-6-11(3)7-10(14-5)13-9(2)12(8,11)4/h8-9H,6-7H2,1-5H3. The molecule has 2 heteroatoms. The summed E-state index contributed by atoms with van der Waals surface area (Å²) in [6, 6.07) is 0.403. The van der Waals surface area contributed by atoms with Crippen LogP contribution in [0.3, 0.4) is 0 Å². The molecule has 1 aliphatic carbocycles. The zero-order valence-electron chi connectivity index (χ0n) is 9.92. The second-order valence-electron chi connectivity index (χ2n) is 5.53. The van der Waals surface area contributed by atoms with Gasteiger partial charge in [-0.15, -0.1) is 0 Å². The smallest absolute Gasteiger partial charge is 0.183 e. The van der Waals surface area contributed by atoms with Gasteiger partial charge in [0.05, 0.1) is 13.2 Å². The molecule has 0 aromatic heterocycles. The largest absolute Gasteiger partial charge is 0.484 e. The van der Waals surface area contributed by atoms with Crippen molar-refractivity contribution < 1.29 is 4.74 Å². The number of rotatable bonds is 0. The van der Waals surface area contributed by atoms with Crippen molar-refractivity contribution in [1.29, 1.82) is 0 Å². The first-order valence-electron chi connectivity index (χ1n) is 5.55. The van der Waals surface area contributed by atoms with E-state index in [-0.39, 0.29) is 0 Å². The maximum Gasteiger partial charge on any atom is 0.183 e. The van der Waals surface area contributed by atoms with Gasteiger partial charge in [-0.2, -0.15) is 0 Å². The van der Waals surface area contributed by atoms with Gasteiger partial charge in [0.15, 0.2) is 5.90 Å². The van der Waals surface area contributed by atoms with Gasteiger partial charge in [-0.3, -0.25) is 4.99 Å². The fourth-order valence-electron chi connectivity index (χ4n) is 3.60. The van der Waals surface area contributed by atoms with E-state index in [2.05, 4.69) is 32.7 Å². The lowest BCUT2D eigenvalue weighted by Gasteiger charge is -2.64. The lowest BCUT2D eigenvalue weighted by molar-refractivity contribution is -0.131. The Balaban J connectivity index is 2.34. The Kier molecular flexibility index (Phi) is 1.96. The minimum absolute atomic E-state index is 0.384. The van der Waals surface area contributed by atoms with Gasteiger partial charge in [-0.1, -0.05) is 20.8 Å². The molecule has 2 nitrogen and oxygen atoms in total. The fourth-order valence-corrected chi connectivity index (χ4v) is 3.60. The van der Waals surface area contributed by atoms with Crippen LogP contribution >= 0.6 is 0 Å². The van der Waals surface area contributed by atoms with Crippen molar-refractivity contribution in [1.82, 2.24) is 0 Å². The summed E-state index contributed by atoms with van der Waals surface area (Å²) in [6.07, 6.45) is 2.34. The molecule has 0 spiro atoms. The van der Waals surface area contributed by atoms with Crippen LogP contribution in [-0.2, 0) is 4.74 Å². The molecule has 0 N–H and O–H groups in total. The van der Waals surface area contributed by atoms with Gasteiger partial charge in [-0.25, -0.2) is 0 Å². The van der Waals surface area contributed by atoms with Gasteiger partial charge in [0, 0.05) is 6.42 Å². The minimum Gasteiger partial charge on any atom is -0.484 e. The van der Waals surface area contributed by atoms with Crippen LogP contribution in [-0.4, -0.2) is 19.0 Å². The predicted molar refractivity (Wildman–Crippen MR) is 58.5 cm³/mol. The van der Waals surface area contributed by atoms with E-state index in [1.54, 1.807) is 7.11 Å². The Morgan fingerprint density at radius 2 is 2.00 bits per heavy atom. The van der Waals surface area contributed by atoms with Crippen LogP contribution < -0.4 is 0 Å². The molecule has 1 aliphatic heterocycles. The molecule has 1 fully saturated rings. The SMILES string of the molecule is COC1=NC(C)C2(C)C(C)CC2(C)C1. The van der Waals surface area contributed by atoms with E-state index in [4.69, 9.17) is 4.74 Å². The van der Waals surface area contributed by atoms with Crippen molar-refractivity contribution >= 4 is 5.90 Å². The average molecular weight is 195 g/mol. The zero-order valence-corrected chi connectivity index (χ0v) is 9.92. The summed E-state index contributed by atoms with van der Waals surface area (Å²) >= 11 is 0. The van der Waals surface area contributed by atoms with E-state index < -0.39 is 0 Å². The van der Waals surface area contributed by atoms with E-state index in [0.717, 1.165) is 18.2 Å². The summed E-state index contributed by atoms with van der Waals surface area (Å²) in [5, 5.41) is 0. The summed E-state index contributed by atoms with van der Waals surface area (Å²) in [7, 11) is 1.74. The number of ether oxygens (including phenoxy) is 1. The average Bonchev–Trinajstić information content (AvgIpc) is 2.13. The Morgan fingerprint density at radius 1 is 1.36 bits per heavy atom. The van der Waals surface area contributed by atoms with Gasteiger partial charge in [0.25, 0.3) is 0 Å².